The summed E-state index contributed by atoms with van der Waals surface area (Å²) in [5, 5.41) is 14.4. The van der Waals surface area contributed by atoms with Gasteiger partial charge in [0.25, 0.3) is 0 Å². The van der Waals surface area contributed by atoms with E-state index < -0.39 is 0 Å². The molecule has 2 heterocycles. The molecule has 0 bridgehead atoms. The number of nitrogens with zero attached hydrogens (tertiary/aromatic N) is 4. The Balaban J connectivity index is 1.83. The normalized spacial score (nSPS) is 16.9. The molecule has 108 valence electrons. The number of fused-ring (bicyclic) bond motifs is 1. The van der Waals surface area contributed by atoms with Crippen molar-refractivity contribution in [3.63, 3.8) is 0 Å². The zero-order valence-corrected chi connectivity index (χ0v) is 11.8. The highest BCUT2D eigenvalue weighted by atomic mass is 16.3. The van der Waals surface area contributed by atoms with E-state index >= 15 is 0 Å². The first-order chi connectivity index (χ1) is 10.8. The van der Waals surface area contributed by atoms with Gasteiger partial charge in [-0.3, -0.25) is 0 Å². The Kier molecular flexibility index (Phi) is 2.96. The predicted octanol–water partition coefficient (Wildman–Crippen LogP) is 3.10. The summed E-state index contributed by atoms with van der Waals surface area (Å²) < 4.78 is 1.83. The van der Waals surface area contributed by atoms with E-state index in [4.69, 9.17) is 0 Å². The molecular weight excluding hydrogens is 276 g/mol. The van der Waals surface area contributed by atoms with Crippen molar-refractivity contribution in [3.8, 4) is 5.75 Å². The van der Waals surface area contributed by atoms with Crippen molar-refractivity contribution in [2.75, 3.05) is 0 Å². The van der Waals surface area contributed by atoms with Gasteiger partial charge in [-0.05, 0) is 17.7 Å². The minimum Gasteiger partial charge on any atom is -0.507 e. The lowest BCUT2D eigenvalue weighted by Gasteiger charge is -2.24. The fourth-order valence-corrected chi connectivity index (χ4v) is 2.80. The van der Waals surface area contributed by atoms with Crippen LogP contribution in [0.4, 0.5) is 5.95 Å². The molecule has 0 radical (unpaired) electrons. The number of hydrogen-bond acceptors (Lipinski definition) is 4. The van der Waals surface area contributed by atoms with E-state index in [1.54, 1.807) is 12.1 Å². The van der Waals surface area contributed by atoms with Crippen LogP contribution in [0.15, 0.2) is 65.9 Å². The van der Waals surface area contributed by atoms with E-state index in [0.717, 1.165) is 16.8 Å². The average Bonchev–Trinajstić information content (AvgIpc) is 3.03. The standard InChI is InChI=1S/C17H14N4O/c22-16-9-5-4-8-13(16)14-10-15(12-6-2-1-3-7-12)21-17(20-14)18-11-19-21/h1-9,11,15,22H,10H2/t15-/m1/s1. The van der Waals surface area contributed by atoms with E-state index in [9.17, 15) is 5.11 Å². The Bertz CT molecular complexity index is 839. The maximum atomic E-state index is 10.1. The van der Waals surface area contributed by atoms with Crippen molar-refractivity contribution in [3.05, 3.63) is 72.1 Å². The van der Waals surface area contributed by atoms with Crippen molar-refractivity contribution >= 4 is 11.7 Å². The summed E-state index contributed by atoms with van der Waals surface area (Å²) in [6.45, 7) is 0. The van der Waals surface area contributed by atoms with Crippen molar-refractivity contribution in [1.82, 2.24) is 14.8 Å². The monoisotopic (exact) mass is 290 g/mol. The van der Waals surface area contributed by atoms with Gasteiger partial charge in [0, 0.05) is 12.0 Å². The van der Waals surface area contributed by atoms with Crippen LogP contribution in [0.3, 0.4) is 0 Å². The Morgan fingerprint density at radius 1 is 1.00 bits per heavy atom. The Labute approximate surface area is 127 Å². The van der Waals surface area contributed by atoms with Crippen LogP contribution in [-0.4, -0.2) is 25.6 Å². The fourth-order valence-electron chi connectivity index (χ4n) is 2.80. The Morgan fingerprint density at radius 3 is 2.59 bits per heavy atom. The smallest absolute Gasteiger partial charge is 0.248 e. The molecule has 5 heteroatoms. The summed E-state index contributed by atoms with van der Waals surface area (Å²) in [5.41, 5.74) is 2.72. The van der Waals surface area contributed by atoms with Crippen LogP contribution in [0.2, 0.25) is 0 Å². The molecule has 0 aliphatic carbocycles. The SMILES string of the molecule is Oc1ccccc1C1=Nc2ncnn2[C@@H](c2ccccc2)C1. The van der Waals surface area contributed by atoms with Crippen molar-refractivity contribution in [2.45, 2.75) is 12.5 Å². The lowest BCUT2D eigenvalue weighted by atomic mass is 9.96. The summed E-state index contributed by atoms with van der Waals surface area (Å²) in [4.78, 5) is 8.78. The van der Waals surface area contributed by atoms with Crippen LogP contribution in [0.25, 0.3) is 0 Å². The maximum absolute atomic E-state index is 10.1. The van der Waals surface area contributed by atoms with Gasteiger partial charge < -0.3 is 5.11 Å². The fraction of sp³-hybridized carbons (Fsp3) is 0.118. The molecule has 3 aromatic rings. The highest BCUT2D eigenvalue weighted by Gasteiger charge is 2.26. The van der Waals surface area contributed by atoms with Gasteiger partial charge >= 0.3 is 0 Å². The predicted molar refractivity (Wildman–Crippen MR) is 83.5 cm³/mol. The number of aromatic hydroxyl groups is 1. The zero-order valence-electron chi connectivity index (χ0n) is 11.8. The number of aliphatic imine (C=N–C) groups is 1. The molecule has 1 aliphatic heterocycles. The summed E-state index contributed by atoms with van der Waals surface area (Å²) in [6.07, 6.45) is 2.18. The molecule has 1 atom stereocenters. The molecule has 0 amide bonds. The molecule has 5 nitrogen and oxygen atoms in total. The second-order valence-corrected chi connectivity index (χ2v) is 5.21. The number of benzene rings is 2. The number of phenolic OH excluding ortho intramolecular Hbond substituents is 1. The largest absolute Gasteiger partial charge is 0.507 e. The van der Waals surface area contributed by atoms with E-state index in [1.807, 2.05) is 35.0 Å². The molecule has 0 spiro atoms. The highest BCUT2D eigenvalue weighted by Crippen LogP contribution is 2.33. The van der Waals surface area contributed by atoms with Gasteiger partial charge in [-0.15, -0.1) is 0 Å². The van der Waals surface area contributed by atoms with Gasteiger partial charge in [0.2, 0.25) is 5.95 Å². The molecule has 0 saturated carbocycles. The van der Waals surface area contributed by atoms with Crippen LogP contribution in [0.5, 0.6) is 5.75 Å². The molecule has 1 aromatic heterocycles. The van der Waals surface area contributed by atoms with Crippen molar-refractivity contribution in [1.29, 1.82) is 0 Å². The molecule has 0 unspecified atom stereocenters. The maximum Gasteiger partial charge on any atom is 0.248 e. The van der Waals surface area contributed by atoms with Gasteiger partial charge in [-0.25, -0.2) is 9.67 Å². The lowest BCUT2D eigenvalue weighted by Crippen LogP contribution is -2.21. The second-order valence-electron chi connectivity index (χ2n) is 5.21. The topological polar surface area (TPSA) is 63.3 Å². The summed E-state index contributed by atoms with van der Waals surface area (Å²) in [5.74, 6) is 0.805. The van der Waals surface area contributed by atoms with Gasteiger partial charge in [0.05, 0.1) is 11.8 Å². The number of aromatic nitrogens is 3. The first kappa shape index (κ1) is 12.8. The summed E-state index contributed by atoms with van der Waals surface area (Å²) in [7, 11) is 0. The van der Waals surface area contributed by atoms with Crippen LogP contribution < -0.4 is 0 Å². The van der Waals surface area contributed by atoms with Crippen molar-refractivity contribution in [2.24, 2.45) is 4.99 Å². The second kappa shape index (κ2) is 5.11. The molecule has 0 fully saturated rings. The van der Waals surface area contributed by atoms with E-state index in [2.05, 4.69) is 27.2 Å². The average molecular weight is 290 g/mol. The van der Waals surface area contributed by atoms with Gasteiger partial charge in [-0.1, -0.05) is 42.5 Å². The molecule has 2 aromatic carbocycles. The summed E-state index contributed by atoms with van der Waals surface area (Å²) >= 11 is 0. The minimum absolute atomic E-state index is 0.0332. The molecule has 1 aliphatic rings. The Morgan fingerprint density at radius 2 is 1.77 bits per heavy atom. The first-order valence-electron chi connectivity index (χ1n) is 7.13. The zero-order chi connectivity index (χ0) is 14.9. The molecule has 4 rings (SSSR count). The third kappa shape index (κ3) is 2.07. The van der Waals surface area contributed by atoms with Gasteiger partial charge in [0.15, 0.2) is 0 Å². The lowest BCUT2D eigenvalue weighted by molar-refractivity contribution is 0.472. The number of hydrogen-bond donors (Lipinski definition) is 1. The third-order valence-corrected chi connectivity index (χ3v) is 3.87. The van der Waals surface area contributed by atoms with Crippen LogP contribution in [0, 0.1) is 0 Å². The van der Waals surface area contributed by atoms with E-state index in [-0.39, 0.29) is 11.8 Å². The molecule has 22 heavy (non-hydrogen) atoms. The first-order valence-corrected chi connectivity index (χ1v) is 7.13. The van der Waals surface area contributed by atoms with Crippen LogP contribution in [-0.2, 0) is 0 Å². The molecular formula is C17H14N4O. The summed E-state index contributed by atoms with van der Waals surface area (Å²) in [6, 6.07) is 17.4. The highest BCUT2D eigenvalue weighted by molar-refractivity contribution is 6.04. The van der Waals surface area contributed by atoms with E-state index in [0.29, 0.717) is 12.4 Å². The molecule has 0 saturated heterocycles. The number of para-hydroxylation sites is 1. The van der Waals surface area contributed by atoms with Crippen LogP contribution >= 0.6 is 0 Å². The Hall–Kier alpha value is -2.95. The number of rotatable bonds is 2. The minimum atomic E-state index is 0.0332. The van der Waals surface area contributed by atoms with Crippen LogP contribution in [0.1, 0.15) is 23.6 Å². The quantitative estimate of drug-likeness (QED) is 0.788. The van der Waals surface area contributed by atoms with Gasteiger partial charge in [0.1, 0.15) is 12.1 Å². The van der Waals surface area contributed by atoms with Crippen molar-refractivity contribution < 1.29 is 5.11 Å². The third-order valence-electron chi connectivity index (χ3n) is 3.87. The van der Waals surface area contributed by atoms with E-state index in [1.165, 1.54) is 6.33 Å². The van der Waals surface area contributed by atoms with Gasteiger partial charge in [-0.2, -0.15) is 10.1 Å². The molecule has 1 N–H and O–H groups in total. The number of phenols is 1.